The predicted molar refractivity (Wildman–Crippen MR) is 79.4 cm³/mol. The summed E-state index contributed by atoms with van der Waals surface area (Å²) in [6.07, 6.45) is 3.08. The minimum Gasteiger partial charge on any atom is -0.208 e. The Labute approximate surface area is 125 Å². The molecule has 2 rings (SSSR count). The van der Waals surface area contributed by atoms with E-state index in [-0.39, 0.29) is 6.04 Å². The van der Waals surface area contributed by atoms with Crippen LogP contribution in [0.1, 0.15) is 19.3 Å². The zero-order chi connectivity index (χ0) is 13.2. The summed E-state index contributed by atoms with van der Waals surface area (Å²) in [7, 11) is -3.44. The first-order valence-corrected chi connectivity index (χ1v) is 9.27. The first-order chi connectivity index (χ1) is 8.54. The van der Waals surface area contributed by atoms with Crippen molar-refractivity contribution in [3.8, 4) is 0 Å². The molecule has 0 spiro atoms. The van der Waals surface area contributed by atoms with E-state index in [9.17, 15) is 8.42 Å². The van der Waals surface area contributed by atoms with Crippen LogP contribution >= 0.6 is 31.9 Å². The molecule has 0 aromatic heterocycles. The van der Waals surface area contributed by atoms with Crippen LogP contribution in [0.25, 0.3) is 0 Å². The zero-order valence-electron chi connectivity index (χ0n) is 9.77. The van der Waals surface area contributed by atoms with Gasteiger partial charge in [0.1, 0.15) is 0 Å². The second kappa shape index (κ2) is 6.03. The molecule has 18 heavy (non-hydrogen) atoms. The number of benzene rings is 1. The van der Waals surface area contributed by atoms with Gasteiger partial charge in [0.15, 0.2) is 0 Å². The standard InChI is InChI=1S/C12H15Br2NO2S/c13-8-9-4-3-6-11(9)15-18(16,17)12-7-2-1-5-10(12)14/h1-2,5,7,9,11,15H,3-4,6,8H2. The molecule has 1 aromatic rings. The summed E-state index contributed by atoms with van der Waals surface area (Å²) in [5, 5.41) is 0.843. The fourth-order valence-corrected chi connectivity index (χ4v) is 5.42. The van der Waals surface area contributed by atoms with Crippen LogP contribution in [0.5, 0.6) is 0 Å². The van der Waals surface area contributed by atoms with E-state index in [1.54, 1.807) is 24.3 Å². The van der Waals surface area contributed by atoms with Gasteiger partial charge in [0.25, 0.3) is 0 Å². The van der Waals surface area contributed by atoms with E-state index in [0.29, 0.717) is 15.3 Å². The third-order valence-electron chi connectivity index (χ3n) is 3.29. The van der Waals surface area contributed by atoms with Gasteiger partial charge < -0.3 is 0 Å². The maximum Gasteiger partial charge on any atom is 0.241 e. The molecule has 0 heterocycles. The third-order valence-corrected chi connectivity index (χ3v) is 6.62. The molecule has 1 aliphatic rings. The fraction of sp³-hybridized carbons (Fsp3) is 0.500. The molecule has 0 bridgehead atoms. The maximum absolute atomic E-state index is 12.3. The molecule has 1 aromatic carbocycles. The molecule has 0 aliphatic heterocycles. The molecule has 1 fully saturated rings. The van der Waals surface area contributed by atoms with Gasteiger partial charge >= 0.3 is 0 Å². The van der Waals surface area contributed by atoms with Crippen molar-refractivity contribution in [3.63, 3.8) is 0 Å². The number of hydrogen-bond acceptors (Lipinski definition) is 2. The van der Waals surface area contributed by atoms with Crippen molar-refractivity contribution in [2.45, 2.75) is 30.2 Å². The van der Waals surface area contributed by atoms with Gasteiger partial charge in [-0.3, -0.25) is 0 Å². The van der Waals surface area contributed by atoms with Crippen LogP contribution in [0.3, 0.4) is 0 Å². The number of alkyl halides is 1. The molecular weight excluding hydrogens is 382 g/mol. The van der Waals surface area contributed by atoms with Crippen LogP contribution in [-0.2, 0) is 10.0 Å². The smallest absolute Gasteiger partial charge is 0.208 e. The van der Waals surface area contributed by atoms with Gasteiger partial charge in [-0.1, -0.05) is 34.5 Å². The van der Waals surface area contributed by atoms with Gasteiger partial charge in [-0.15, -0.1) is 0 Å². The number of halogens is 2. The highest BCUT2D eigenvalue weighted by Gasteiger charge is 2.31. The average Bonchev–Trinajstić information content (AvgIpc) is 2.76. The van der Waals surface area contributed by atoms with E-state index in [4.69, 9.17) is 0 Å². The predicted octanol–water partition coefficient (Wildman–Crippen LogP) is 3.29. The molecule has 1 saturated carbocycles. The number of hydrogen-bond donors (Lipinski definition) is 1. The van der Waals surface area contributed by atoms with Crippen molar-refractivity contribution in [1.29, 1.82) is 0 Å². The third kappa shape index (κ3) is 3.15. The van der Waals surface area contributed by atoms with Crippen molar-refractivity contribution < 1.29 is 8.42 Å². The molecule has 2 atom stereocenters. The van der Waals surface area contributed by atoms with Gasteiger partial charge in [-0.2, -0.15) is 0 Å². The van der Waals surface area contributed by atoms with Gasteiger partial charge in [0.2, 0.25) is 10.0 Å². The molecule has 3 nitrogen and oxygen atoms in total. The Kier molecular flexibility index (Phi) is 4.86. The fourth-order valence-electron chi connectivity index (χ4n) is 2.30. The van der Waals surface area contributed by atoms with E-state index >= 15 is 0 Å². The first kappa shape index (κ1) is 14.5. The van der Waals surface area contributed by atoms with Crippen LogP contribution < -0.4 is 4.72 Å². The summed E-state index contributed by atoms with van der Waals surface area (Å²) < 4.78 is 28.1. The van der Waals surface area contributed by atoms with Gasteiger partial charge in [-0.25, -0.2) is 13.1 Å². The van der Waals surface area contributed by atoms with Crippen LogP contribution in [0.4, 0.5) is 0 Å². The molecule has 0 saturated heterocycles. The Balaban J connectivity index is 2.20. The molecule has 100 valence electrons. The lowest BCUT2D eigenvalue weighted by atomic mass is 10.1. The van der Waals surface area contributed by atoms with Gasteiger partial charge in [0.05, 0.1) is 4.90 Å². The molecule has 0 radical (unpaired) electrons. The summed E-state index contributed by atoms with van der Waals surface area (Å²) >= 11 is 6.74. The normalized spacial score (nSPS) is 24.3. The van der Waals surface area contributed by atoms with E-state index in [1.165, 1.54) is 0 Å². The van der Waals surface area contributed by atoms with Gasteiger partial charge in [0, 0.05) is 15.8 Å². The highest BCUT2D eigenvalue weighted by atomic mass is 79.9. The average molecular weight is 397 g/mol. The number of rotatable bonds is 4. The highest BCUT2D eigenvalue weighted by molar-refractivity contribution is 9.10. The molecule has 0 amide bonds. The Hall–Kier alpha value is 0.0900. The second-order valence-electron chi connectivity index (χ2n) is 4.50. The molecule has 2 unspecified atom stereocenters. The lowest BCUT2D eigenvalue weighted by molar-refractivity contribution is 0.484. The van der Waals surface area contributed by atoms with Crippen LogP contribution in [0.15, 0.2) is 33.6 Å². The Morgan fingerprint density at radius 2 is 2.00 bits per heavy atom. The Morgan fingerprint density at radius 3 is 2.67 bits per heavy atom. The molecule has 1 N–H and O–H groups in total. The Bertz CT molecular complexity index is 519. The summed E-state index contributed by atoms with van der Waals surface area (Å²) in [5.41, 5.74) is 0. The van der Waals surface area contributed by atoms with Crippen LogP contribution in [0.2, 0.25) is 0 Å². The first-order valence-electron chi connectivity index (χ1n) is 5.87. The minimum atomic E-state index is -3.44. The van der Waals surface area contributed by atoms with E-state index < -0.39 is 10.0 Å². The lowest BCUT2D eigenvalue weighted by Crippen LogP contribution is -2.37. The lowest BCUT2D eigenvalue weighted by Gasteiger charge is -2.19. The van der Waals surface area contributed by atoms with Crippen molar-refractivity contribution in [2.75, 3.05) is 5.33 Å². The zero-order valence-corrected chi connectivity index (χ0v) is 13.8. The quantitative estimate of drug-likeness (QED) is 0.793. The topological polar surface area (TPSA) is 46.2 Å². The van der Waals surface area contributed by atoms with Gasteiger partial charge in [-0.05, 0) is 46.8 Å². The minimum absolute atomic E-state index is 0.0430. The van der Waals surface area contributed by atoms with Crippen LogP contribution in [-0.4, -0.2) is 19.8 Å². The Morgan fingerprint density at radius 1 is 1.28 bits per heavy atom. The van der Waals surface area contributed by atoms with E-state index in [1.807, 2.05) is 0 Å². The molecule has 1 aliphatic carbocycles. The monoisotopic (exact) mass is 395 g/mol. The maximum atomic E-state index is 12.3. The molecular formula is C12H15Br2NO2S. The number of sulfonamides is 1. The van der Waals surface area contributed by atoms with E-state index in [0.717, 1.165) is 24.6 Å². The van der Waals surface area contributed by atoms with Crippen molar-refractivity contribution in [3.05, 3.63) is 28.7 Å². The second-order valence-corrected chi connectivity index (χ2v) is 7.69. The molecule has 6 heteroatoms. The SMILES string of the molecule is O=S(=O)(NC1CCCC1CBr)c1ccccc1Br. The summed E-state index contributed by atoms with van der Waals surface area (Å²) in [6, 6.07) is 6.94. The summed E-state index contributed by atoms with van der Waals surface area (Å²) in [6.45, 7) is 0. The summed E-state index contributed by atoms with van der Waals surface area (Å²) in [4.78, 5) is 0.310. The summed E-state index contributed by atoms with van der Waals surface area (Å²) in [5.74, 6) is 0.391. The van der Waals surface area contributed by atoms with Crippen molar-refractivity contribution >= 4 is 41.9 Å². The number of nitrogens with one attached hydrogen (secondary N) is 1. The van der Waals surface area contributed by atoms with Crippen LogP contribution in [0, 0.1) is 5.92 Å². The highest BCUT2D eigenvalue weighted by Crippen LogP contribution is 2.29. The van der Waals surface area contributed by atoms with Crippen molar-refractivity contribution in [1.82, 2.24) is 4.72 Å². The largest absolute Gasteiger partial charge is 0.241 e. The van der Waals surface area contributed by atoms with Crippen molar-refractivity contribution in [2.24, 2.45) is 5.92 Å². The van der Waals surface area contributed by atoms with E-state index in [2.05, 4.69) is 36.6 Å².